The van der Waals surface area contributed by atoms with E-state index in [1.54, 1.807) is 0 Å². The van der Waals surface area contributed by atoms with E-state index >= 15 is 0 Å². The molecule has 2 rings (SSSR count). The Kier molecular flexibility index (Phi) is 8.45. The summed E-state index contributed by atoms with van der Waals surface area (Å²) in [6, 6.07) is 13.4. The van der Waals surface area contributed by atoms with Crippen LogP contribution in [0.5, 0.6) is 0 Å². The zero-order chi connectivity index (χ0) is 20.1. The van der Waals surface area contributed by atoms with Crippen molar-refractivity contribution in [1.29, 1.82) is 0 Å². The number of benzene rings is 2. The molecule has 3 heteroatoms. The topological polar surface area (TPSA) is 0 Å². The van der Waals surface area contributed by atoms with E-state index in [1.165, 1.54) is 33.4 Å². The molecule has 2 aromatic carbocycles. The van der Waals surface area contributed by atoms with Crippen molar-refractivity contribution in [1.82, 2.24) is 0 Å². The maximum atomic E-state index is 3.63. The Balaban J connectivity index is 2.46. The lowest BCUT2D eigenvalue weighted by molar-refractivity contribution is 1.12. The highest BCUT2D eigenvalue weighted by molar-refractivity contribution is 9.10. The van der Waals surface area contributed by atoms with Crippen LogP contribution in [0.2, 0.25) is 0 Å². The lowest BCUT2D eigenvalue weighted by atomic mass is 10.1. The first-order valence-electron chi connectivity index (χ1n) is 9.15. The van der Waals surface area contributed by atoms with Crippen molar-refractivity contribution < 1.29 is 0 Å². The third-order valence-electron chi connectivity index (χ3n) is 4.28. The van der Waals surface area contributed by atoms with Crippen LogP contribution < -0.4 is 0 Å². The summed E-state index contributed by atoms with van der Waals surface area (Å²) >= 11 is 9.25. The molecule has 0 bridgehead atoms. The molecule has 0 aliphatic carbocycles. The maximum absolute atomic E-state index is 3.63. The molecule has 0 spiro atoms. The lowest BCUT2D eigenvalue weighted by Gasteiger charge is -2.22. The largest absolute Gasteiger partial charge is 0.137 e. The van der Waals surface area contributed by atoms with E-state index in [4.69, 9.17) is 0 Å². The summed E-state index contributed by atoms with van der Waals surface area (Å²) in [6.45, 7) is 13.0. The predicted octanol–water partition coefficient (Wildman–Crippen LogP) is 9.28. The van der Waals surface area contributed by atoms with Crippen molar-refractivity contribution in [3.8, 4) is 0 Å². The second kappa shape index (κ2) is 10.1. The third kappa shape index (κ3) is 6.66. The van der Waals surface area contributed by atoms with E-state index < -0.39 is 0 Å². The third-order valence-corrected chi connectivity index (χ3v) is 7.47. The minimum atomic E-state index is 0.311. The quantitative estimate of drug-likeness (QED) is 0.351. The van der Waals surface area contributed by atoms with Crippen molar-refractivity contribution in [2.45, 2.75) is 52.0 Å². The summed E-state index contributed by atoms with van der Waals surface area (Å²) in [5.41, 5.74) is 7.94. The first kappa shape index (κ1) is 22.5. The molecule has 0 amide bonds. The summed E-state index contributed by atoms with van der Waals surface area (Å²) < 4.78 is 2.33. The smallest absolute Gasteiger partial charge is 0.0489 e. The second-order valence-electron chi connectivity index (χ2n) is 7.48. The van der Waals surface area contributed by atoms with E-state index in [2.05, 4.69) is 122 Å². The molecule has 0 heterocycles. The molecule has 0 saturated carbocycles. The van der Waals surface area contributed by atoms with Gasteiger partial charge in [-0.15, -0.1) is 11.8 Å². The Labute approximate surface area is 185 Å². The second-order valence-corrected chi connectivity index (χ2v) is 10.5. The molecule has 0 radical (unpaired) electrons. The van der Waals surface area contributed by atoms with Gasteiger partial charge in [0.05, 0.1) is 0 Å². The summed E-state index contributed by atoms with van der Waals surface area (Å²) in [5.74, 6) is 0. The van der Waals surface area contributed by atoms with Crippen LogP contribution in [0.15, 0.2) is 68.6 Å². The highest BCUT2D eigenvalue weighted by atomic mass is 79.9. The molecule has 2 aromatic rings. The van der Waals surface area contributed by atoms with Crippen LogP contribution in [0.3, 0.4) is 0 Å². The first-order valence-corrected chi connectivity index (χ1v) is 11.7. The zero-order valence-corrected chi connectivity index (χ0v) is 20.9. The average Bonchev–Trinajstić information content (AvgIpc) is 2.57. The minimum Gasteiger partial charge on any atom is -0.137 e. The highest BCUT2D eigenvalue weighted by Gasteiger charge is 2.18. The fourth-order valence-corrected chi connectivity index (χ4v) is 5.00. The van der Waals surface area contributed by atoms with Gasteiger partial charge in [0.1, 0.15) is 0 Å². The fraction of sp³-hybridized carbons (Fsp3) is 0.333. The van der Waals surface area contributed by atoms with E-state index in [9.17, 15) is 0 Å². The van der Waals surface area contributed by atoms with Gasteiger partial charge in [0.2, 0.25) is 0 Å². The molecule has 2 unspecified atom stereocenters. The van der Waals surface area contributed by atoms with E-state index in [0.717, 1.165) is 8.95 Å². The molecule has 2 atom stereocenters. The molecular formula is C24H28Br2S. The Morgan fingerprint density at radius 1 is 0.741 bits per heavy atom. The van der Waals surface area contributed by atoms with Crippen LogP contribution in [0.25, 0.3) is 0 Å². The standard InChI is InChI=1S/C24H28Br2S/c1-15(2)11-23(19-7-9-21(25)17(5)13-19)27-24(12-16(3)4)20-8-10-22(26)18(6)14-20/h7-14,23-24H,1-6H3. The zero-order valence-electron chi connectivity index (χ0n) is 16.9. The van der Waals surface area contributed by atoms with E-state index in [1.807, 2.05) is 11.8 Å². The van der Waals surface area contributed by atoms with Gasteiger partial charge in [0, 0.05) is 19.4 Å². The van der Waals surface area contributed by atoms with Crippen LogP contribution in [-0.2, 0) is 0 Å². The van der Waals surface area contributed by atoms with Crippen LogP contribution in [0.4, 0.5) is 0 Å². The van der Waals surface area contributed by atoms with Crippen molar-refractivity contribution in [2.24, 2.45) is 0 Å². The van der Waals surface area contributed by atoms with Gasteiger partial charge in [-0.1, -0.05) is 79.4 Å². The Morgan fingerprint density at radius 2 is 1.11 bits per heavy atom. The highest BCUT2D eigenvalue weighted by Crippen LogP contribution is 2.44. The van der Waals surface area contributed by atoms with Crippen molar-refractivity contribution in [3.05, 3.63) is 90.9 Å². The molecule has 0 nitrogen and oxygen atoms in total. The lowest BCUT2D eigenvalue weighted by Crippen LogP contribution is -1.99. The van der Waals surface area contributed by atoms with Gasteiger partial charge in [-0.2, -0.15) is 0 Å². The molecule has 0 aliphatic rings. The van der Waals surface area contributed by atoms with E-state index in [-0.39, 0.29) is 0 Å². The molecule has 0 saturated heterocycles. The predicted molar refractivity (Wildman–Crippen MR) is 130 cm³/mol. The van der Waals surface area contributed by atoms with Crippen LogP contribution >= 0.6 is 43.6 Å². The summed E-state index contributed by atoms with van der Waals surface area (Å²) in [4.78, 5) is 0. The Bertz CT molecular complexity index is 785. The maximum Gasteiger partial charge on any atom is 0.0489 e. The van der Waals surface area contributed by atoms with E-state index in [0.29, 0.717) is 10.5 Å². The van der Waals surface area contributed by atoms with Crippen LogP contribution in [-0.4, -0.2) is 0 Å². The van der Waals surface area contributed by atoms with Gasteiger partial charge in [0.15, 0.2) is 0 Å². The Hall–Kier alpha value is -0.770. The number of thioether (sulfide) groups is 1. The SMILES string of the molecule is CC(C)=CC(SC(C=C(C)C)c1ccc(Br)c(C)c1)c1ccc(Br)c(C)c1. The van der Waals surface area contributed by atoms with Gasteiger partial charge in [0.25, 0.3) is 0 Å². The van der Waals surface area contributed by atoms with Crippen LogP contribution in [0.1, 0.15) is 60.4 Å². The molecule has 27 heavy (non-hydrogen) atoms. The monoisotopic (exact) mass is 506 g/mol. The van der Waals surface area contributed by atoms with Gasteiger partial charge in [-0.25, -0.2) is 0 Å². The van der Waals surface area contributed by atoms with Crippen molar-refractivity contribution >= 4 is 43.6 Å². The average molecular weight is 508 g/mol. The van der Waals surface area contributed by atoms with Gasteiger partial charge in [-0.3, -0.25) is 0 Å². The Morgan fingerprint density at radius 3 is 1.41 bits per heavy atom. The van der Waals surface area contributed by atoms with Gasteiger partial charge >= 0.3 is 0 Å². The fourth-order valence-electron chi connectivity index (χ4n) is 2.88. The molecular weight excluding hydrogens is 480 g/mol. The minimum absolute atomic E-state index is 0.311. The van der Waals surface area contributed by atoms with Gasteiger partial charge in [-0.05, 0) is 75.9 Å². The number of allylic oxidation sites excluding steroid dienone is 2. The summed E-state index contributed by atoms with van der Waals surface area (Å²) in [6.07, 6.45) is 4.76. The summed E-state index contributed by atoms with van der Waals surface area (Å²) in [5, 5.41) is 0.623. The molecule has 0 fully saturated rings. The van der Waals surface area contributed by atoms with Crippen molar-refractivity contribution in [2.75, 3.05) is 0 Å². The molecule has 0 aromatic heterocycles. The molecule has 144 valence electrons. The van der Waals surface area contributed by atoms with Crippen molar-refractivity contribution in [3.63, 3.8) is 0 Å². The van der Waals surface area contributed by atoms with Gasteiger partial charge < -0.3 is 0 Å². The number of aryl methyl sites for hydroxylation is 2. The number of rotatable bonds is 6. The number of hydrogen-bond acceptors (Lipinski definition) is 1. The van der Waals surface area contributed by atoms with Crippen LogP contribution in [0, 0.1) is 13.8 Å². The normalized spacial score (nSPS) is 13.0. The molecule has 0 N–H and O–H groups in total. The summed E-state index contributed by atoms with van der Waals surface area (Å²) in [7, 11) is 0. The first-order chi connectivity index (χ1) is 12.7. The number of hydrogen-bond donors (Lipinski definition) is 0. The number of halogens is 2. The molecule has 0 aliphatic heterocycles.